The van der Waals surface area contributed by atoms with E-state index in [0.29, 0.717) is 5.92 Å². The predicted octanol–water partition coefficient (Wildman–Crippen LogP) is 3.77. The van der Waals surface area contributed by atoms with Gasteiger partial charge in [0.25, 0.3) is 0 Å². The third-order valence-electron chi connectivity index (χ3n) is 2.43. The summed E-state index contributed by atoms with van der Waals surface area (Å²) in [5.41, 5.74) is 2.80. The van der Waals surface area contributed by atoms with Crippen molar-refractivity contribution in [3.8, 4) is 12.3 Å². The minimum Gasteiger partial charge on any atom is -0.120 e. The maximum absolute atomic E-state index is 5.21. The lowest BCUT2D eigenvalue weighted by Gasteiger charge is -2.06. The number of unbranched alkanes of at least 4 members (excludes halogenated alkanes) is 1. The van der Waals surface area contributed by atoms with Crippen molar-refractivity contribution in [2.75, 3.05) is 0 Å². The molecule has 0 N–H and O–H groups in total. The highest BCUT2D eigenvalue weighted by Crippen LogP contribution is 2.15. The van der Waals surface area contributed by atoms with Crippen LogP contribution in [0.2, 0.25) is 0 Å². The molecule has 14 heavy (non-hydrogen) atoms. The summed E-state index contributed by atoms with van der Waals surface area (Å²) in [5, 5.41) is 0. The van der Waals surface area contributed by atoms with E-state index in [4.69, 9.17) is 6.42 Å². The second-order valence-electron chi connectivity index (χ2n) is 3.95. The Morgan fingerprint density at radius 2 is 1.86 bits per heavy atom. The van der Waals surface area contributed by atoms with Crippen LogP contribution in [0.1, 0.15) is 43.7 Å². The van der Waals surface area contributed by atoms with E-state index in [9.17, 15) is 0 Å². The molecule has 0 aliphatic rings. The largest absolute Gasteiger partial charge is 0.120 e. The molecule has 0 aliphatic carbocycles. The van der Waals surface area contributed by atoms with Crippen LogP contribution in [-0.2, 0) is 6.42 Å². The molecule has 0 aliphatic heterocycles. The zero-order valence-electron chi connectivity index (χ0n) is 9.09. The van der Waals surface area contributed by atoms with E-state index >= 15 is 0 Å². The Labute approximate surface area is 87.4 Å². The number of hydrogen-bond donors (Lipinski definition) is 0. The summed E-state index contributed by atoms with van der Waals surface area (Å²) in [6, 6.07) is 8.86. The van der Waals surface area contributed by atoms with Gasteiger partial charge in [-0.3, -0.25) is 0 Å². The number of rotatable bonds is 4. The van der Waals surface area contributed by atoms with Crippen LogP contribution in [0.15, 0.2) is 24.3 Å². The van der Waals surface area contributed by atoms with E-state index in [1.54, 1.807) is 0 Å². The van der Waals surface area contributed by atoms with Gasteiger partial charge in [-0.25, -0.2) is 0 Å². The van der Waals surface area contributed by atoms with E-state index in [1.807, 2.05) is 0 Å². The summed E-state index contributed by atoms with van der Waals surface area (Å²) in [6.45, 7) is 4.43. The predicted molar refractivity (Wildman–Crippen MR) is 62.3 cm³/mol. The van der Waals surface area contributed by atoms with Gasteiger partial charge in [0.15, 0.2) is 0 Å². The van der Waals surface area contributed by atoms with Gasteiger partial charge in [-0.1, -0.05) is 38.1 Å². The summed E-state index contributed by atoms with van der Waals surface area (Å²) in [7, 11) is 0. The normalized spacial score (nSPS) is 10.1. The van der Waals surface area contributed by atoms with Gasteiger partial charge in [0.2, 0.25) is 0 Å². The van der Waals surface area contributed by atoms with E-state index in [1.165, 1.54) is 11.1 Å². The van der Waals surface area contributed by atoms with Gasteiger partial charge in [0, 0.05) is 6.42 Å². The lowest BCUT2D eigenvalue weighted by molar-refractivity contribution is 0.845. The fraction of sp³-hybridized carbons (Fsp3) is 0.429. The summed E-state index contributed by atoms with van der Waals surface area (Å²) >= 11 is 0. The van der Waals surface area contributed by atoms with Crippen molar-refractivity contribution in [3.63, 3.8) is 0 Å². The molecule has 0 spiro atoms. The average molecular weight is 186 g/mol. The van der Waals surface area contributed by atoms with Gasteiger partial charge in [0.1, 0.15) is 0 Å². The van der Waals surface area contributed by atoms with Gasteiger partial charge >= 0.3 is 0 Å². The van der Waals surface area contributed by atoms with Crippen LogP contribution >= 0.6 is 0 Å². The summed E-state index contributed by atoms with van der Waals surface area (Å²) < 4.78 is 0. The van der Waals surface area contributed by atoms with Gasteiger partial charge in [-0.2, -0.15) is 0 Å². The molecule has 1 aromatic carbocycles. The van der Waals surface area contributed by atoms with E-state index in [-0.39, 0.29) is 0 Å². The second-order valence-corrected chi connectivity index (χ2v) is 3.95. The molecule has 0 atom stereocenters. The van der Waals surface area contributed by atoms with Crippen LogP contribution in [0, 0.1) is 12.3 Å². The van der Waals surface area contributed by atoms with Crippen LogP contribution < -0.4 is 0 Å². The van der Waals surface area contributed by atoms with Crippen molar-refractivity contribution < 1.29 is 0 Å². The van der Waals surface area contributed by atoms with Crippen LogP contribution in [0.4, 0.5) is 0 Å². The molecular formula is C14H18. The molecule has 0 bridgehead atoms. The quantitative estimate of drug-likeness (QED) is 0.496. The van der Waals surface area contributed by atoms with Crippen LogP contribution in [0.5, 0.6) is 0 Å². The smallest absolute Gasteiger partial charge is 0.00892 e. The summed E-state index contributed by atoms with van der Waals surface area (Å²) in [5.74, 6) is 3.29. The van der Waals surface area contributed by atoms with Gasteiger partial charge < -0.3 is 0 Å². The van der Waals surface area contributed by atoms with Gasteiger partial charge in [-0.05, 0) is 29.9 Å². The van der Waals surface area contributed by atoms with Gasteiger partial charge in [0.05, 0.1) is 0 Å². The number of hydrogen-bond acceptors (Lipinski definition) is 0. The Morgan fingerprint density at radius 3 is 2.36 bits per heavy atom. The molecule has 0 nitrogen and oxygen atoms in total. The van der Waals surface area contributed by atoms with Crippen molar-refractivity contribution in [2.24, 2.45) is 0 Å². The minimum atomic E-state index is 0.620. The molecule has 0 saturated carbocycles. The molecule has 0 heterocycles. The Bertz CT molecular complexity index is 298. The lowest BCUT2D eigenvalue weighted by Crippen LogP contribution is -1.89. The Kier molecular flexibility index (Phi) is 4.26. The highest BCUT2D eigenvalue weighted by Gasteiger charge is 1.98. The van der Waals surface area contributed by atoms with E-state index in [0.717, 1.165) is 19.3 Å². The SMILES string of the molecule is C#CCCCc1ccc(C(C)C)cc1. The Balaban J connectivity index is 2.52. The molecule has 0 fully saturated rings. The second kappa shape index (κ2) is 5.50. The van der Waals surface area contributed by atoms with E-state index < -0.39 is 0 Å². The molecule has 0 amide bonds. The van der Waals surface area contributed by atoms with Crippen molar-refractivity contribution in [1.29, 1.82) is 0 Å². The molecule has 0 unspecified atom stereocenters. The first-order valence-corrected chi connectivity index (χ1v) is 5.26. The first-order chi connectivity index (χ1) is 6.74. The number of terminal acetylenes is 1. The molecular weight excluding hydrogens is 168 g/mol. The molecule has 0 saturated heterocycles. The fourth-order valence-electron chi connectivity index (χ4n) is 1.46. The van der Waals surface area contributed by atoms with E-state index in [2.05, 4.69) is 44.0 Å². The minimum absolute atomic E-state index is 0.620. The summed E-state index contributed by atoms with van der Waals surface area (Å²) in [6.07, 6.45) is 8.28. The van der Waals surface area contributed by atoms with Gasteiger partial charge in [-0.15, -0.1) is 12.3 Å². The molecule has 74 valence electrons. The number of benzene rings is 1. The van der Waals surface area contributed by atoms with Crippen LogP contribution in [0.25, 0.3) is 0 Å². The molecule has 0 radical (unpaired) electrons. The Hall–Kier alpha value is -1.22. The first kappa shape index (κ1) is 10.9. The molecule has 1 rings (SSSR count). The zero-order chi connectivity index (χ0) is 10.4. The zero-order valence-corrected chi connectivity index (χ0v) is 9.09. The number of aryl methyl sites for hydroxylation is 1. The average Bonchev–Trinajstić information content (AvgIpc) is 2.19. The third kappa shape index (κ3) is 3.26. The van der Waals surface area contributed by atoms with Crippen molar-refractivity contribution in [1.82, 2.24) is 0 Å². The highest BCUT2D eigenvalue weighted by molar-refractivity contribution is 5.24. The van der Waals surface area contributed by atoms with Crippen molar-refractivity contribution in [2.45, 2.75) is 39.0 Å². The molecule has 0 heteroatoms. The molecule has 1 aromatic rings. The fourth-order valence-corrected chi connectivity index (χ4v) is 1.46. The van der Waals surface area contributed by atoms with Crippen LogP contribution in [0.3, 0.4) is 0 Å². The highest BCUT2D eigenvalue weighted by atomic mass is 14.0. The third-order valence-corrected chi connectivity index (χ3v) is 2.43. The lowest BCUT2D eigenvalue weighted by atomic mass is 10.00. The van der Waals surface area contributed by atoms with Crippen molar-refractivity contribution in [3.05, 3.63) is 35.4 Å². The maximum atomic E-state index is 5.21. The standard InChI is InChI=1S/C14H18/c1-4-5-6-7-13-8-10-14(11-9-13)12(2)3/h1,8-12H,5-7H2,2-3H3. The topological polar surface area (TPSA) is 0 Å². The van der Waals surface area contributed by atoms with Crippen molar-refractivity contribution >= 4 is 0 Å². The monoisotopic (exact) mass is 186 g/mol. The van der Waals surface area contributed by atoms with Crippen LogP contribution in [-0.4, -0.2) is 0 Å². The Morgan fingerprint density at radius 1 is 1.21 bits per heavy atom. The maximum Gasteiger partial charge on any atom is 0.00892 e. The molecule has 0 aromatic heterocycles. The summed E-state index contributed by atoms with van der Waals surface area (Å²) in [4.78, 5) is 0. The first-order valence-electron chi connectivity index (χ1n) is 5.26.